The molecule has 0 atom stereocenters. The Morgan fingerprint density at radius 2 is 1.57 bits per heavy atom. The summed E-state index contributed by atoms with van der Waals surface area (Å²) in [6.07, 6.45) is 1.97. The van der Waals surface area contributed by atoms with Crippen molar-refractivity contribution in [3.8, 4) is 17.2 Å². The molecule has 4 heteroatoms. The first kappa shape index (κ1) is 17.6. The third-order valence-electron chi connectivity index (χ3n) is 3.72. The molecule has 1 N–H and O–H groups in total. The van der Waals surface area contributed by atoms with Crippen LogP contribution in [0.4, 0.5) is 0 Å². The van der Waals surface area contributed by atoms with Gasteiger partial charge in [-0.2, -0.15) is 0 Å². The Morgan fingerprint density at radius 1 is 1.00 bits per heavy atom. The van der Waals surface area contributed by atoms with Crippen molar-refractivity contribution in [2.75, 3.05) is 34.4 Å². The molecule has 0 spiro atoms. The van der Waals surface area contributed by atoms with Gasteiger partial charge in [-0.05, 0) is 24.8 Å². The number of rotatable bonds is 9. The standard InChI is InChI=1S/C17H29NO3/c1-7-18-12-17(2,3)9-8-14-15(20-5)10-13(19-4)11-16(14)21-6/h10-11,18H,7-9,12H2,1-6H3. The van der Waals surface area contributed by atoms with E-state index in [2.05, 4.69) is 26.1 Å². The van der Waals surface area contributed by atoms with Gasteiger partial charge in [-0.25, -0.2) is 0 Å². The number of benzene rings is 1. The summed E-state index contributed by atoms with van der Waals surface area (Å²) in [7, 11) is 5.01. The average molecular weight is 295 g/mol. The minimum atomic E-state index is 0.228. The lowest BCUT2D eigenvalue weighted by Gasteiger charge is -2.26. The molecule has 0 fully saturated rings. The highest BCUT2D eigenvalue weighted by Crippen LogP contribution is 2.36. The van der Waals surface area contributed by atoms with E-state index < -0.39 is 0 Å². The van der Waals surface area contributed by atoms with E-state index >= 15 is 0 Å². The molecule has 1 rings (SSSR count). The summed E-state index contributed by atoms with van der Waals surface area (Å²) < 4.78 is 16.3. The fourth-order valence-electron chi connectivity index (χ4n) is 2.34. The summed E-state index contributed by atoms with van der Waals surface area (Å²) >= 11 is 0. The van der Waals surface area contributed by atoms with Gasteiger partial charge in [-0.3, -0.25) is 0 Å². The molecule has 21 heavy (non-hydrogen) atoms. The minimum absolute atomic E-state index is 0.228. The van der Waals surface area contributed by atoms with E-state index in [4.69, 9.17) is 14.2 Å². The molecule has 0 amide bonds. The predicted molar refractivity (Wildman–Crippen MR) is 86.7 cm³/mol. The number of hydrogen-bond donors (Lipinski definition) is 1. The fraction of sp³-hybridized carbons (Fsp3) is 0.647. The molecule has 0 aliphatic heterocycles. The van der Waals surface area contributed by atoms with E-state index in [9.17, 15) is 0 Å². The van der Waals surface area contributed by atoms with E-state index in [1.165, 1.54) is 0 Å². The van der Waals surface area contributed by atoms with E-state index in [1.54, 1.807) is 21.3 Å². The van der Waals surface area contributed by atoms with Crippen molar-refractivity contribution < 1.29 is 14.2 Å². The Kier molecular flexibility index (Phi) is 6.82. The van der Waals surface area contributed by atoms with Crippen molar-refractivity contribution in [3.05, 3.63) is 17.7 Å². The number of nitrogens with one attached hydrogen (secondary N) is 1. The lowest BCUT2D eigenvalue weighted by atomic mass is 9.85. The fourth-order valence-corrected chi connectivity index (χ4v) is 2.34. The Morgan fingerprint density at radius 3 is 2.00 bits per heavy atom. The first-order valence-corrected chi connectivity index (χ1v) is 7.47. The Labute approximate surface area is 128 Å². The van der Waals surface area contributed by atoms with E-state index in [1.807, 2.05) is 12.1 Å². The molecule has 4 nitrogen and oxygen atoms in total. The average Bonchev–Trinajstić information content (AvgIpc) is 2.50. The van der Waals surface area contributed by atoms with Gasteiger partial charge >= 0.3 is 0 Å². The zero-order chi connectivity index (χ0) is 15.9. The van der Waals surface area contributed by atoms with Crippen LogP contribution in [0.3, 0.4) is 0 Å². The normalized spacial score (nSPS) is 11.3. The maximum absolute atomic E-state index is 5.50. The monoisotopic (exact) mass is 295 g/mol. The quantitative estimate of drug-likeness (QED) is 0.759. The summed E-state index contributed by atoms with van der Waals surface area (Å²) in [5.41, 5.74) is 1.33. The molecule has 0 saturated heterocycles. The number of methoxy groups -OCH3 is 3. The lowest BCUT2D eigenvalue weighted by molar-refractivity contribution is 0.310. The second-order valence-electron chi connectivity index (χ2n) is 5.96. The zero-order valence-corrected chi connectivity index (χ0v) is 14.2. The molecule has 0 saturated carbocycles. The van der Waals surface area contributed by atoms with Gasteiger partial charge in [-0.15, -0.1) is 0 Å². The first-order chi connectivity index (χ1) is 9.97. The number of ether oxygens (including phenoxy) is 3. The van der Waals surface area contributed by atoms with Crippen molar-refractivity contribution in [1.82, 2.24) is 5.32 Å². The molecule has 0 heterocycles. The van der Waals surface area contributed by atoms with Crippen LogP contribution in [0.2, 0.25) is 0 Å². The van der Waals surface area contributed by atoms with Gasteiger partial charge in [0.2, 0.25) is 0 Å². The van der Waals surface area contributed by atoms with Crippen molar-refractivity contribution >= 4 is 0 Å². The van der Waals surface area contributed by atoms with Crippen molar-refractivity contribution in [2.24, 2.45) is 5.41 Å². The molecule has 0 bridgehead atoms. The van der Waals surface area contributed by atoms with Crippen LogP contribution in [-0.2, 0) is 6.42 Å². The van der Waals surface area contributed by atoms with Crippen molar-refractivity contribution in [2.45, 2.75) is 33.6 Å². The summed E-state index contributed by atoms with van der Waals surface area (Å²) in [5.74, 6) is 2.40. The largest absolute Gasteiger partial charge is 0.496 e. The van der Waals surface area contributed by atoms with Gasteiger partial charge in [0.25, 0.3) is 0 Å². The van der Waals surface area contributed by atoms with Crippen molar-refractivity contribution in [3.63, 3.8) is 0 Å². The molecule has 0 aromatic heterocycles. The van der Waals surface area contributed by atoms with E-state index in [-0.39, 0.29) is 5.41 Å². The van der Waals surface area contributed by atoms with Crippen LogP contribution < -0.4 is 19.5 Å². The van der Waals surface area contributed by atoms with Crippen LogP contribution >= 0.6 is 0 Å². The van der Waals surface area contributed by atoms with E-state index in [0.717, 1.165) is 48.7 Å². The highest BCUT2D eigenvalue weighted by atomic mass is 16.5. The van der Waals surface area contributed by atoms with Gasteiger partial charge in [-0.1, -0.05) is 20.8 Å². The molecule has 0 aliphatic carbocycles. The molecule has 120 valence electrons. The molecule has 1 aromatic carbocycles. The van der Waals surface area contributed by atoms with Crippen molar-refractivity contribution in [1.29, 1.82) is 0 Å². The Balaban J connectivity index is 2.91. The maximum Gasteiger partial charge on any atom is 0.129 e. The van der Waals surface area contributed by atoms with Crippen LogP contribution in [0.15, 0.2) is 12.1 Å². The second kappa shape index (κ2) is 8.13. The highest BCUT2D eigenvalue weighted by molar-refractivity contribution is 5.50. The molecular formula is C17H29NO3. The zero-order valence-electron chi connectivity index (χ0n) is 14.2. The summed E-state index contributed by atoms with van der Waals surface area (Å²) in [4.78, 5) is 0. The summed E-state index contributed by atoms with van der Waals surface area (Å²) in [6.45, 7) is 8.69. The third kappa shape index (κ3) is 5.12. The summed E-state index contributed by atoms with van der Waals surface area (Å²) in [5, 5.41) is 3.42. The van der Waals surface area contributed by atoms with Gasteiger partial charge in [0.1, 0.15) is 17.2 Å². The SMILES string of the molecule is CCNCC(C)(C)CCc1c(OC)cc(OC)cc1OC. The Bertz CT molecular complexity index is 419. The Hall–Kier alpha value is -1.42. The van der Waals surface area contributed by atoms with Crippen LogP contribution in [0.5, 0.6) is 17.2 Å². The smallest absolute Gasteiger partial charge is 0.129 e. The molecular weight excluding hydrogens is 266 g/mol. The van der Waals surface area contributed by atoms with Crippen LogP contribution in [0.1, 0.15) is 32.8 Å². The molecule has 0 unspecified atom stereocenters. The summed E-state index contributed by atoms with van der Waals surface area (Å²) in [6, 6.07) is 3.82. The van der Waals surface area contributed by atoms with E-state index in [0.29, 0.717) is 0 Å². The third-order valence-corrected chi connectivity index (χ3v) is 3.72. The molecule has 0 radical (unpaired) electrons. The molecule has 1 aromatic rings. The highest BCUT2D eigenvalue weighted by Gasteiger charge is 2.20. The molecule has 0 aliphatic rings. The van der Waals surface area contributed by atoms with Gasteiger partial charge < -0.3 is 19.5 Å². The number of hydrogen-bond acceptors (Lipinski definition) is 4. The maximum atomic E-state index is 5.50. The van der Waals surface area contributed by atoms with Gasteiger partial charge in [0.05, 0.1) is 21.3 Å². The topological polar surface area (TPSA) is 39.7 Å². The van der Waals surface area contributed by atoms with Crippen LogP contribution in [0.25, 0.3) is 0 Å². The van der Waals surface area contributed by atoms with Crippen LogP contribution in [0, 0.1) is 5.41 Å². The first-order valence-electron chi connectivity index (χ1n) is 7.47. The van der Waals surface area contributed by atoms with Gasteiger partial charge in [0, 0.05) is 24.2 Å². The van der Waals surface area contributed by atoms with Gasteiger partial charge in [0.15, 0.2) is 0 Å². The minimum Gasteiger partial charge on any atom is -0.496 e. The second-order valence-corrected chi connectivity index (χ2v) is 5.96. The predicted octanol–water partition coefficient (Wildman–Crippen LogP) is 3.28. The van der Waals surface area contributed by atoms with Crippen LogP contribution in [-0.4, -0.2) is 34.4 Å². The lowest BCUT2D eigenvalue weighted by Crippen LogP contribution is -2.29.